The van der Waals surface area contributed by atoms with Crippen molar-refractivity contribution < 1.29 is 9.90 Å². The van der Waals surface area contributed by atoms with E-state index in [1.807, 2.05) is 13.8 Å². The van der Waals surface area contributed by atoms with Gasteiger partial charge in [-0.15, -0.1) is 0 Å². The lowest BCUT2D eigenvalue weighted by Gasteiger charge is -2.20. The quantitative estimate of drug-likeness (QED) is 0.581. The van der Waals surface area contributed by atoms with Gasteiger partial charge in [0.15, 0.2) is 0 Å². The van der Waals surface area contributed by atoms with E-state index in [4.69, 9.17) is 5.11 Å². The summed E-state index contributed by atoms with van der Waals surface area (Å²) in [5.74, 6) is 0. The SMILES string of the molecule is CCN(NC(C)C)C(=O)O. The number of hydrazine groups is 1. The second kappa shape index (κ2) is 4.11. The van der Waals surface area contributed by atoms with E-state index < -0.39 is 6.09 Å². The van der Waals surface area contributed by atoms with Gasteiger partial charge in [0.05, 0.1) is 0 Å². The molecule has 0 aliphatic carbocycles. The summed E-state index contributed by atoms with van der Waals surface area (Å²) < 4.78 is 0. The topological polar surface area (TPSA) is 52.6 Å². The molecule has 0 radical (unpaired) electrons. The molecule has 0 aliphatic heterocycles. The van der Waals surface area contributed by atoms with Gasteiger partial charge in [-0.2, -0.15) is 0 Å². The smallest absolute Gasteiger partial charge is 0.421 e. The van der Waals surface area contributed by atoms with Crippen LogP contribution in [0.3, 0.4) is 0 Å². The van der Waals surface area contributed by atoms with Gasteiger partial charge in [-0.3, -0.25) is 0 Å². The molecule has 0 aromatic carbocycles. The maximum atomic E-state index is 10.3. The molecule has 0 saturated carbocycles. The molecule has 1 amide bonds. The lowest BCUT2D eigenvalue weighted by molar-refractivity contribution is 0.116. The van der Waals surface area contributed by atoms with Gasteiger partial charge in [0.1, 0.15) is 0 Å². The summed E-state index contributed by atoms with van der Waals surface area (Å²) in [6.07, 6.45) is -0.934. The molecule has 0 aliphatic rings. The third kappa shape index (κ3) is 3.29. The van der Waals surface area contributed by atoms with Crippen LogP contribution in [0.15, 0.2) is 0 Å². The Morgan fingerprint density at radius 3 is 2.30 bits per heavy atom. The zero-order valence-corrected chi connectivity index (χ0v) is 6.59. The van der Waals surface area contributed by atoms with Crippen LogP contribution in [0.5, 0.6) is 0 Å². The molecule has 4 nitrogen and oxygen atoms in total. The summed E-state index contributed by atoms with van der Waals surface area (Å²) >= 11 is 0. The summed E-state index contributed by atoms with van der Waals surface area (Å²) in [7, 11) is 0. The number of hydrogen-bond acceptors (Lipinski definition) is 2. The molecule has 2 N–H and O–H groups in total. The van der Waals surface area contributed by atoms with Crippen LogP contribution in [0, 0.1) is 0 Å². The van der Waals surface area contributed by atoms with E-state index in [1.54, 1.807) is 6.92 Å². The molecule has 0 unspecified atom stereocenters. The second-order valence-electron chi connectivity index (χ2n) is 2.31. The zero-order chi connectivity index (χ0) is 8.15. The zero-order valence-electron chi connectivity index (χ0n) is 6.59. The predicted molar refractivity (Wildman–Crippen MR) is 38.7 cm³/mol. The molecule has 0 fully saturated rings. The number of carbonyl (C=O) groups is 1. The van der Waals surface area contributed by atoms with Crippen LogP contribution in [-0.2, 0) is 0 Å². The molecule has 4 heteroatoms. The molecule has 0 rings (SSSR count). The minimum atomic E-state index is -0.934. The van der Waals surface area contributed by atoms with Crippen molar-refractivity contribution in [3.8, 4) is 0 Å². The number of amides is 1. The Morgan fingerprint density at radius 1 is 1.70 bits per heavy atom. The van der Waals surface area contributed by atoms with Crippen molar-refractivity contribution in [2.24, 2.45) is 0 Å². The summed E-state index contributed by atoms with van der Waals surface area (Å²) in [6.45, 7) is 6.04. The minimum absolute atomic E-state index is 0.163. The molecular weight excluding hydrogens is 132 g/mol. The van der Waals surface area contributed by atoms with E-state index >= 15 is 0 Å². The Kier molecular flexibility index (Phi) is 3.79. The standard InChI is InChI=1S/C6H14N2O2/c1-4-8(6(9)10)7-5(2)3/h5,7H,4H2,1-3H3,(H,9,10). The van der Waals surface area contributed by atoms with Crippen LogP contribution in [0.1, 0.15) is 20.8 Å². The lowest BCUT2D eigenvalue weighted by Crippen LogP contribution is -2.45. The van der Waals surface area contributed by atoms with Gasteiger partial charge < -0.3 is 5.11 Å². The molecule has 0 atom stereocenters. The van der Waals surface area contributed by atoms with Crippen molar-refractivity contribution in [1.82, 2.24) is 10.4 Å². The first-order valence-corrected chi connectivity index (χ1v) is 3.34. The monoisotopic (exact) mass is 146 g/mol. The third-order valence-corrected chi connectivity index (χ3v) is 0.961. The van der Waals surface area contributed by atoms with Crippen LogP contribution in [0.2, 0.25) is 0 Å². The normalized spacial score (nSPS) is 10.0. The van der Waals surface area contributed by atoms with Gasteiger partial charge in [0.2, 0.25) is 0 Å². The molecule has 0 saturated heterocycles. The van der Waals surface area contributed by atoms with E-state index in [-0.39, 0.29) is 6.04 Å². The molecule has 0 heterocycles. The first kappa shape index (κ1) is 9.23. The summed E-state index contributed by atoms with van der Waals surface area (Å²) in [5.41, 5.74) is 2.76. The fraction of sp³-hybridized carbons (Fsp3) is 0.833. The summed E-state index contributed by atoms with van der Waals surface area (Å²) in [4.78, 5) is 10.3. The fourth-order valence-electron chi connectivity index (χ4n) is 0.593. The lowest BCUT2D eigenvalue weighted by atomic mass is 10.4. The summed E-state index contributed by atoms with van der Waals surface area (Å²) in [5, 5.41) is 9.64. The highest BCUT2D eigenvalue weighted by Gasteiger charge is 2.08. The highest BCUT2D eigenvalue weighted by molar-refractivity contribution is 5.64. The van der Waals surface area contributed by atoms with E-state index in [9.17, 15) is 4.79 Å². The van der Waals surface area contributed by atoms with Crippen molar-refractivity contribution in [3.05, 3.63) is 0 Å². The largest absolute Gasteiger partial charge is 0.464 e. The molecule has 0 bridgehead atoms. The number of nitrogens with zero attached hydrogens (tertiary/aromatic N) is 1. The summed E-state index contributed by atoms with van der Waals surface area (Å²) in [6, 6.07) is 0.163. The minimum Gasteiger partial charge on any atom is -0.464 e. The number of nitrogens with one attached hydrogen (secondary N) is 1. The van der Waals surface area contributed by atoms with E-state index in [0.717, 1.165) is 5.01 Å². The number of hydrogen-bond donors (Lipinski definition) is 2. The van der Waals surface area contributed by atoms with Gasteiger partial charge in [0.25, 0.3) is 0 Å². The number of carboxylic acid groups (broad SMARTS) is 1. The highest BCUT2D eigenvalue weighted by atomic mass is 16.4. The molecular formula is C6H14N2O2. The van der Waals surface area contributed by atoms with Gasteiger partial charge in [-0.1, -0.05) is 0 Å². The Bertz CT molecular complexity index is 114. The molecule has 60 valence electrons. The fourth-order valence-corrected chi connectivity index (χ4v) is 0.593. The van der Waals surface area contributed by atoms with Gasteiger partial charge in [-0.25, -0.2) is 15.2 Å². The first-order chi connectivity index (χ1) is 4.57. The molecule has 0 aromatic rings. The van der Waals surface area contributed by atoms with E-state index in [0.29, 0.717) is 6.54 Å². The Hall–Kier alpha value is -0.770. The second-order valence-corrected chi connectivity index (χ2v) is 2.31. The Balaban J connectivity index is 3.72. The highest BCUT2D eigenvalue weighted by Crippen LogP contribution is 1.85. The van der Waals surface area contributed by atoms with Crippen LogP contribution in [0.4, 0.5) is 4.79 Å². The molecule has 0 aromatic heterocycles. The maximum absolute atomic E-state index is 10.3. The van der Waals surface area contributed by atoms with Crippen molar-refractivity contribution in [3.63, 3.8) is 0 Å². The van der Waals surface area contributed by atoms with Crippen LogP contribution in [-0.4, -0.2) is 28.8 Å². The Morgan fingerprint density at radius 2 is 2.20 bits per heavy atom. The first-order valence-electron chi connectivity index (χ1n) is 3.34. The predicted octanol–water partition coefficient (Wildman–Crippen LogP) is 0.899. The van der Waals surface area contributed by atoms with Crippen molar-refractivity contribution in [2.75, 3.05) is 6.54 Å². The molecule has 10 heavy (non-hydrogen) atoms. The van der Waals surface area contributed by atoms with Gasteiger partial charge in [-0.05, 0) is 20.8 Å². The molecule has 0 spiro atoms. The average Bonchev–Trinajstić information content (AvgIpc) is 1.81. The Labute approximate surface area is 60.8 Å². The van der Waals surface area contributed by atoms with E-state index in [2.05, 4.69) is 5.43 Å². The number of rotatable bonds is 3. The van der Waals surface area contributed by atoms with Crippen molar-refractivity contribution in [1.29, 1.82) is 0 Å². The average molecular weight is 146 g/mol. The van der Waals surface area contributed by atoms with E-state index in [1.165, 1.54) is 0 Å². The van der Waals surface area contributed by atoms with Crippen LogP contribution >= 0.6 is 0 Å². The van der Waals surface area contributed by atoms with Gasteiger partial charge in [0, 0.05) is 12.6 Å². The van der Waals surface area contributed by atoms with Crippen LogP contribution < -0.4 is 5.43 Å². The third-order valence-electron chi connectivity index (χ3n) is 0.961. The van der Waals surface area contributed by atoms with Crippen molar-refractivity contribution >= 4 is 6.09 Å². The maximum Gasteiger partial charge on any atom is 0.421 e. The van der Waals surface area contributed by atoms with Crippen molar-refractivity contribution in [2.45, 2.75) is 26.8 Å². The van der Waals surface area contributed by atoms with Gasteiger partial charge >= 0.3 is 6.09 Å². The van der Waals surface area contributed by atoms with Crippen LogP contribution in [0.25, 0.3) is 0 Å².